The number of ether oxygens (including phenoxy) is 1. The molecule has 3 heteroatoms. The second kappa shape index (κ2) is 11.5. The Balaban J connectivity index is 2.32. The van der Waals surface area contributed by atoms with Gasteiger partial charge in [0.15, 0.2) is 0 Å². The predicted octanol–water partition coefficient (Wildman–Crippen LogP) is 6.33. The minimum absolute atomic E-state index is 0.123. The molecule has 0 N–H and O–H groups in total. The van der Waals surface area contributed by atoms with Crippen LogP contribution in [0.3, 0.4) is 0 Å². The van der Waals surface area contributed by atoms with Crippen molar-refractivity contribution in [2.45, 2.75) is 78.7 Å². The first-order valence-electron chi connectivity index (χ1n) is 8.99. The van der Waals surface area contributed by atoms with Crippen molar-refractivity contribution in [3.8, 4) is 0 Å². The number of rotatable bonds is 11. The van der Waals surface area contributed by atoms with E-state index in [0.29, 0.717) is 17.4 Å². The number of carbonyl (C=O) groups excluding carboxylic acids is 1. The number of benzene rings is 1. The highest BCUT2D eigenvalue weighted by atomic mass is 35.5. The van der Waals surface area contributed by atoms with E-state index in [9.17, 15) is 4.79 Å². The predicted molar refractivity (Wildman–Crippen MR) is 97.8 cm³/mol. The van der Waals surface area contributed by atoms with Crippen LogP contribution < -0.4 is 0 Å². The molecule has 0 aliphatic carbocycles. The molecule has 0 spiro atoms. The molecule has 0 aliphatic rings. The molecule has 0 amide bonds. The SMILES string of the molecule is CCCCCCC(C)CC(=O)OCc1ccc(CCC)cc1Cl. The first kappa shape index (κ1) is 20.0. The minimum atomic E-state index is -0.123. The van der Waals surface area contributed by atoms with Crippen LogP contribution in [0.25, 0.3) is 0 Å². The third kappa shape index (κ3) is 8.41. The molecule has 0 radical (unpaired) electrons. The normalized spacial score (nSPS) is 12.2. The molecular formula is C20H31ClO2. The zero-order valence-electron chi connectivity index (χ0n) is 14.9. The van der Waals surface area contributed by atoms with Gasteiger partial charge in [0, 0.05) is 17.0 Å². The van der Waals surface area contributed by atoms with Crippen molar-refractivity contribution in [1.29, 1.82) is 0 Å². The second-order valence-corrected chi connectivity index (χ2v) is 6.90. The lowest BCUT2D eigenvalue weighted by Crippen LogP contribution is -2.10. The van der Waals surface area contributed by atoms with Crippen molar-refractivity contribution < 1.29 is 9.53 Å². The fourth-order valence-electron chi connectivity index (χ4n) is 2.68. The Labute approximate surface area is 146 Å². The maximum Gasteiger partial charge on any atom is 0.306 e. The summed E-state index contributed by atoms with van der Waals surface area (Å²) >= 11 is 6.26. The van der Waals surface area contributed by atoms with Crippen molar-refractivity contribution in [1.82, 2.24) is 0 Å². The van der Waals surface area contributed by atoms with Gasteiger partial charge in [-0.3, -0.25) is 4.79 Å². The Bertz CT molecular complexity index is 471. The van der Waals surface area contributed by atoms with Crippen molar-refractivity contribution in [3.63, 3.8) is 0 Å². The summed E-state index contributed by atoms with van der Waals surface area (Å²) in [5.74, 6) is 0.267. The minimum Gasteiger partial charge on any atom is -0.461 e. The average molecular weight is 339 g/mol. The number of carbonyl (C=O) groups is 1. The summed E-state index contributed by atoms with van der Waals surface area (Å²) < 4.78 is 5.38. The van der Waals surface area contributed by atoms with E-state index in [1.165, 1.54) is 31.2 Å². The van der Waals surface area contributed by atoms with Gasteiger partial charge < -0.3 is 4.74 Å². The standard InChI is InChI=1S/C20H31ClO2/c1-4-6-7-8-10-16(3)13-20(22)23-15-18-12-11-17(9-5-2)14-19(18)21/h11-12,14,16H,4-10,13,15H2,1-3H3. The van der Waals surface area contributed by atoms with E-state index >= 15 is 0 Å². The molecule has 0 bridgehead atoms. The smallest absolute Gasteiger partial charge is 0.306 e. The van der Waals surface area contributed by atoms with Crippen LogP contribution in [0.1, 0.15) is 76.8 Å². The molecule has 1 aromatic carbocycles. The number of hydrogen-bond donors (Lipinski definition) is 0. The molecule has 1 rings (SSSR count). The Morgan fingerprint density at radius 1 is 1.17 bits per heavy atom. The van der Waals surface area contributed by atoms with E-state index in [4.69, 9.17) is 16.3 Å². The third-order valence-electron chi connectivity index (χ3n) is 4.11. The summed E-state index contributed by atoms with van der Waals surface area (Å²) in [6.07, 6.45) is 8.70. The summed E-state index contributed by atoms with van der Waals surface area (Å²) in [6, 6.07) is 6.01. The Hall–Kier alpha value is -1.02. The van der Waals surface area contributed by atoms with Crippen LogP contribution >= 0.6 is 11.6 Å². The van der Waals surface area contributed by atoms with Gasteiger partial charge >= 0.3 is 5.97 Å². The maximum absolute atomic E-state index is 11.9. The molecule has 23 heavy (non-hydrogen) atoms. The summed E-state index contributed by atoms with van der Waals surface area (Å²) in [7, 11) is 0. The van der Waals surface area contributed by atoms with Gasteiger partial charge in [0.2, 0.25) is 0 Å². The van der Waals surface area contributed by atoms with Crippen LogP contribution in [0.15, 0.2) is 18.2 Å². The van der Waals surface area contributed by atoms with E-state index in [0.717, 1.165) is 24.8 Å². The van der Waals surface area contributed by atoms with Gasteiger partial charge in [-0.2, -0.15) is 0 Å². The van der Waals surface area contributed by atoms with Gasteiger partial charge in [0.05, 0.1) is 0 Å². The van der Waals surface area contributed by atoms with Crippen LogP contribution in [-0.2, 0) is 22.6 Å². The van der Waals surface area contributed by atoms with Gasteiger partial charge in [-0.05, 0) is 24.0 Å². The van der Waals surface area contributed by atoms with Crippen LogP contribution in [-0.4, -0.2) is 5.97 Å². The lowest BCUT2D eigenvalue weighted by atomic mass is 9.99. The molecule has 130 valence electrons. The van der Waals surface area contributed by atoms with E-state index in [-0.39, 0.29) is 12.6 Å². The lowest BCUT2D eigenvalue weighted by Gasteiger charge is -2.12. The largest absolute Gasteiger partial charge is 0.461 e. The van der Waals surface area contributed by atoms with Crippen molar-refractivity contribution in [2.75, 3.05) is 0 Å². The number of unbranched alkanes of at least 4 members (excludes halogenated alkanes) is 3. The van der Waals surface area contributed by atoms with E-state index in [2.05, 4.69) is 26.8 Å². The van der Waals surface area contributed by atoms with Gasteiger partial charge in [0.25, 0.3) is 0 Å². The Morgan fingerprint density at radius 3 is 2.61 bits per heavy atom. The van der Waals surface area contributed by atoms with Crippen molar-refractivity contribution in [2.24, 2.45) is 5.92 Å². The molecule has 0 saturated carbocycles. The summed E-state index contributed by atoms with van der Waals surface area (Å²) in [6.45, 7) is 6.75. The molecule has 1 aromatic rings. The topological polar surface area (TPSA) is 26.3 Å². The van der Waals surface area contributed by atoms with Crippen LogP contribution in [0.5, 0.6) is 0 Å². The Morgan fingerprint density at radius 2 is 1.96 bits per heavy atom. The van der Waals surface area contributed by atoms with Crippen LogP contribution in [0.2, 0.25) is 5.02 Å². The molecule has 0 aliphatic heterocycles. The molecule has 0 heterocycles. The molecule has 1 atom stereocenters. The van der Waals surface area contributed by atoms with E-state index in [1.807, 2.05) is 12.1 Å². The van der Waals surface area contributed by atoms with Crippen LogP contribution in [0.4, 0.5) is 0 Å². The fourth-order valence-corrected chi connectivity index (χ4v) is 2.93. The van der Waals surface area contributed by atoms with Crippen molar-refractivity contribution in [3.05, 3.63) is 34.3 Å². The van der Waals surface area contributed by atoms with Gasteiger partial charge in [-0.25, -0.2) is 0 Å². The number of esters is 1. The highest BCUT2D eigenvalue weighted by Gasteiger charge is 2.11. The quantitative estimate of drug-likeness (QED) is 0.348. The first-order valence-corrected chi connectivity index (χ1v) is 9.37. The van der Waals surface area contributed by atoms with Gasteiger partial charge in [-0.15, -0.1) is 0 Å². The Kier molecular flexibility index (Phi) is 10.0. The van der Waals surface area contributed by atoms with Crippen molar-refractivity contribution >= 4 is 17.6 Å². The fraction of sp³-hybridized carbons (Fsp3) is 0.650. The number of halogens is 1. The number of aryl methyl sites for hydroxylation is 1. The zero-order valence-corrected chi connectivity index (χ0v) is 15.6. The monoisotopic (exact) mass is 338 g/mol. The lowest BCUT2D eigenvalue weighted by molar-refractivity contribution is -0.146. The summed E-state index contributed by atoms with van der Waals surface area (Å²) in [5, 5.41) is 0.691. The maximum atomic E-state index is 11.9. The zero-order chi connectivity index (χ0) is 17.1. The number of hydrogen-bond acceptors (Lipinski definition) is 2. The average Bonchev–Trinajstić information content (AvgIpc) is 2.51. The van der Waals surface area contributed by atoms with Gasteiger partial charge in [0.1, 0.15) is 6.61 Å². The summed E-state index contributed by atoms with van der Waals surface area (Å²) in [4.78, 5) is 11.9. The van der Waals surface area contributed by atoms with E-state index in [1.54, 1.807) is 0 Å². The van der Waals surface area contributed by atoms with Gasteiger partial charge in [-0.1, -0.05) is 83.0 Å². The highest BCUT2D eigenvalue weighted by molar-refractivity contribution is 6.31. The molecular weight excluding hydrogens is 308 g/mol. The molecule has 2 nitrogen and oxygen atoms in total. The molecule has 0 fully saturated rings. The highest BCUT2D eigenvalue weighted by Crippen LogP contribution is 2.21. The third-order valence-corrected chi connectivity index (χ3v) is 4.46. The molecule has 0 aromatic heterocycles. The summed E-state index contributed by atoms with van der Waals surface area (Å²) in [5.41, 5.74) is 2.11. The molecule has 1 unspecified atom stereocenters. The van der Waals surface area contributed by atoms with Crippen LogP contribution in [0, 0.1) is 5.92 Å². The second-order valence-electron chi connectivity index (χ2n) is 6.50. The van der Waals surface area contributed by atoms with E-state index < -0.39 is 0 Å². The molecule has 0 saturated heterocycles. The first-order chi connectivity index (χ1) is 11.1.